The number of halogens is 1. The molecule has 0 atom stereocenters. The number of benzene rings is 3. The lowest BCUT2D eigenvalue weighted by atomic mass is 10.2. The molecule has 34 heavy (non-hydrogen) atoms. The van der Waals surface area contributed by atoms with Crippen molar-refractivity contribution in [3.8, 4) is 5.75 Å². The van der Waals surface area contributed by atoms with Crippen molar-refractivity contribution in [2.24, 2.45) is 5.10 Å². The highest BCUT2D eigenvalue weighted by molar-refractivity contribution is 6.31. The SMILES string of the molecule is O=[N+]([O-])c1cc(Cl)cc(/C=N\Nc2nc(Nc3ccccc3)nc(Nc3ccccc3)n2)c1O. The van der Waals surface area contributed by atoms with E-state index in [2.05, 4.69) is 36.1 Å². The summed E-state index contributed by atoms with van der Waals surface area (Å²) in [4.78, 5) is 23.3. The predicted octanol–water partition coefficient (Wildman–Crippen LogP) is 5.07. The van der Waals surface area contributed by atoms with E-state index >= 15 is 0 Å². The highest BCUT2D eigenvalue weighted by Crippen LogP contribution is 2.32. The smallest absolute Gasteiger partial charge is 0.312 e. The molecule has 170 valence electrons. The molecule has 0 spiro atoms. The summed E-state index contributed by atoms with van der Waals surface area (Å²) in [6.45, 7) is 0. The number of hydrazone groups is 1. The first-order chi connectivity index (χ1) is 16.5. The monoisotopic (exact) mass is 476 g/mol. The first-order valence-electron chi connectivity index (χ1n) is 9.84. The third-order valence-electron chi connectivity index (χ3n) is 4.34. The third kappa shape index (κ3) is 5.72. The van der Waals surface area contributed by atoms with Gasteiger partial charge in [-0.25, -0.2) is 5.43 Å². The van der Waals surface area contributed by atoms with Crippen LogP contribution in [0.25, 0.3) is 0 Å². The van der Waals surface area contributed by atoms with Gasteiger partial charge in [-0.2, -0.15) is 20.1 Å². The number of hydrogen-bond acceptors (Lipinski definition) is 10. The predicted molar refractivity (Wildman–Crippen MR) is 130 cm³/mol. The van der Waals surface area contributed by atoms with Crippen molar-refractivity contribution in [3.05, 3.63) is 93.5 Å². The van der Waals surface area contributed by atoms with Gasteiger partial charge in [-0.1, -0.05) is 48.0 Å². The minimum Gasteiger partial charge on any atom is -0.502 e. The van der Waals surface area contributed by atoms with Crippen LogP contribution in [0.3, 0.4) is 0 Å². The molecular weight excluding hydrogens is 460 g/mol. The van der Waals surface area contributed by atoms with Crippen LogP contribution in [0.15, 0.2) is 77.9 Å². The first kappa shape index (κ1) is 22.4. The topological polar surface area (TPSA) is 150 Å². The highest BCUT2D eigenvalue weighted by Gasteiger charge is 2.17. The number of nitro groups is 1. The molecule has 1 aromatic heterocycles. The number of aromatic nitrogens is 3. The number of nitrogens with zero attached hydrogens (tertiary/aromatic N) is 5. The van der Waals surface area contributed by atoms with E-state index in [1.54, 1.807) is 0 Å². The van der Waals surface area contributed by atoms with Crippen molar-refractivity contribution in [1.82, 2.24) is 15.0 Å². The summed E-state index contributed by atoms with van der Waals surface area (Å²) in [5.74, 6) is 0.0183. The average Bonchev–Trinajstić information content (AvgIpc) is 2.82. The van der Waals surface area contributed by atoms with Crippen LogP contribution >= 0.6 is 11.6 Å². The molecule has 4 N–H and O–H groups in total. The molecule has 0 aliphatic rings. The van der Waals surface area contributed by atoms with Crippen LogP contribution in [0, 0.1) is 10.1 Å². The van der Waals surface area contributed by atoms with Crippen molar-refractivity contribution in [2.75, 3.05) is 16.1 Å². The van der Waals surface area contributed by atoms with E-state index in [9.17, 15) is 15.2 Å². The maximum absolute atomic E-state index is 11.1. The van der Waals surface area contributed by atoms with Gasteiger partial charge in [0.25, 0.3) is 0 Å². The van der Waals surface area contributed by atoms with Gasteiger partial charge < -0.3 is 15.7 Å². The Kier molecular flexibility index (Phi) is 6.75. The Morgan fingerprint density at radius 3 is 1.94 bits per heavy atom. The molecule has 4 aromatic rings. The lowest BCUT2D eigenvalue weighted by Crippen LogP contribution is -2.07. The Morgan fingerprint density at radius 2 is 1.41 bits per heavy atom. The number of nitro benzene ring substituents is 1. The number of rotatable bonds is 8. The highest BCUT2D eigenvalue weighted by atomic mass is 35.5. The Balaban J connectivity index is 1.61. The number of hydrogen-bond donors (Lipinski definition) is 4. The molecule has 0 amide bonds. The molecule has 3 aromatic carbocycles. The average molecular weight is 477 g/mol. The number of aromatic hydroxyl groups is 1. The quantitative estimate of drug-likeness (QED) is 0.155. The van der Waals surface area contributed by atoms with Gasteiger partial charge >= 0.3 is 5.69 Å². The molecule has 0 fully saturated rings. The molecule has 12 heteroatoms. The fourth-order valence-electron chi connectivity index (χ4n) is 2.84. The minimum absolute atomic E-state index is 0.0472. The van der Waals surface area contributed by atoms with Gasteiger partial charge in [-0.05, 0) is 30.3 Å². The Bertz CT molecular complexity index is 1280. The number of phenols is 1. The zero-order chi connectivity index (χ0) is 23.9. The summed E-state index contributed by atoms with van der Waals surface area (Å²) >= 11 is 5.91. The summed E-state index contributed by atoms with van der Waals surface area (Å²) in [7, 11) is 0. The van der Waals surface area contributed by atoms with Crippen LogP contribution in [0.2, 0.25) is 5.02 Å². The van der Waals surface area contributed by atoms with E-state index < -0.39 is 16.4 Å². The molecule has 0 aliphatic carbocycles. The zero-order valence-electron chi connectivity index (χ0n) is 17.4. The van der Waals surface area contributed by atoms with Crippen molar-refractivity contribution < 1.29 is 10.0 Å². The zero-order valence-corrected chi connectivity index (χ0v) is 18.1. The second-order valence-electron chi connectivity index (χ2n) is 6.78. The number of anilines is 5. The van der Waals surface area contributed by atoms with Crippen molar-refractivity contribution in [2.45, 2.75) is 0 Å². The van der Waals surface area contributed by atoms with Crippen LogP contribution in [0.4, 0.5) is 34.9 Å². The molecule has 0 saturated carbocycles. The van der Waals surface area contributed by atoms with Gasteiger partial charge in [-0.15, -0.1) is 0 Å². The van der Waals surface area contributed by atoms with E-state index in [0.717, 1.165) is 17.4 Å². The van der Waals surface area contributed by atoms with Crippen LogP contribution in [0.5, 0.6) is 5.75 Å². The normalized spacial score (nSPS) is 10.7. The minimum atomic E-state index is -0.735. The molecular formula is C22H17ClN8O3. The van der Waals surface area contributed by atoms with Crippen molar-refractivity contribution in [3.63, 3.8) is 0 Å². The molecule has 0 bridgehead atoms. The van der Waals surface area contributed by atoms with E-state index in [1.165, 1.54) is 12.3 Å². The molecule has 1 heterocycles. The largest absolute Gasteiger partial charge is 0.502 e. The van der Waals surface area contributed by atoms with E-state index in [4.69, 9.17) is 11.6 Å². The fraction of sp³-hybridized carbons (Fsp3) is 0. The number of phenolic OH excluding ortho intramolecular Hbond substituents is 1. The lowest BCUT2D eigenvalue weighted by molar-refractivity contribution is -0.385. The summed E-state index contributed by atoms with van der Waals surface area (Å²) in [6.07, 6.45) is 1.17. The first-order valence-corrected chi connectivity index (χ1v) is 10.2. The summed E-state index contributed by atoms with van der Waals surface area (Å²) in [6, 6.07) is 21.1. The fourth-order valence-corrected chi connectivity index (χ4v) is 3.06. The van der Waals surface area contributed by atoms with Crippen LogP contribution in [0.1, 0.15) is 5.56 Å². The number of nitrogens with one attached hydrogen (secondary N) is 3. The molecule has 0 saturated heterocycles. The van der Waals surface area contributed by atoms with Crippen molar-refractivity contribution in [1.29, 1.82) is 0 Å². The Morgan fingerprint density at radius 1 is 0.882 bits per heavy atom. The number of para-hydroxylation sites is 2. The second-order valence-corrected chi connectivity index (χ2v) is 7.21. The molecule has 0 aliphatic heterocycles. The maximum atomic E-state index is 11.1. The van der Waals surface area contributed by atoms with Gasteiger partial charge in [0.1, 0.15) is 0 Å². The molecule has 4 rings (SSSR count). The van der Waals surface area contributed by atoms with Gasteiger partial charge in [0.15, 0.2) is 0 Å². The lowest BCUT2D eigenvalue weighted by Gasteiger charge is -2.10. The molecule has 0 radical (unpaired) electrons. The summed E-state index contributed by atoms with van der Waals surface area (Å²) in [5, 5.41) is 31.4. The van der Waals surface area contributed by atoms with Gasteiger partial charge in [0.2, 0.25) is 23.6 Å². The third-order valence-corrected chi connectivity index (χ3v) is 4.56. The summed E-state index contributed by atoms with van der Waals surface area (Å²) < 4.78 is 0. The Labute approximate surface area is 198 Å². The Hall–Kier alpha value is -4.77. The van der Waals surface area contributed by atoms with Crippen LogP contribution in [-0.2, 0) is 0 Å². The van der Waals surface area contributed by atoms with E-state index in [-0.39, 0.29) is 28.4 Å². The maximum Gasteiger partial charge on any atom is 0.312 e. The molecule has 11 nitrogen and oxygen atoms in total. The van der Waals surface area contributed by atoms with Crippen LogP contribution < -0.4 is 16.1 Å². The van der Waals surface area contributed by atoms with Gasteiger partial charge in [0, 0.05) is 28.0 Å². The second kappa shape index (κ2) is 10.2. The van der Waals surface area contributed by atoms with Gasteiger partial charge in [0.05, 0.1) is 11.1 Å². The van der Waals surface area contributed by atoms with E-state index in [0.29, 0.717) is 0 Å². The standard InChI is InChI=1S/C22H17ClN8O3/c23-15-11-14(19(32)18(12-15)31(33)34)13-24-30-22-28-20(25-16-7-3-1-4-8-16)27-21(29-22)26-17-9-5-2-6-10-17/h1-13,32H,(H3,25,26,27,28,29,30)/b24-13-. The van der Waals surface area contributed by atoms with Crippen LogP contribution in [-0.4, -0.2) is 31.2 Å². The van der Waals surface area contributed by atoms with E-state index in [1.807, 2.05) is 60.7 Å². The summed E-state index contributed by atoms with van der Waals surface area (Å²) in [5.41, 5.74) is 3.70. The molecule has 0 unspecified atom stereocenters. The van der Waals surface area contributed by atoms with Gasteiger partial charge in [-0.3, -0.25) is 10.1 Å². The van der Waals surface area contributed by atoms with Crippen molar-refractivity contribution >= 4 is 52.7 Å².